The summed E-state index contributed by atoms with van der Waals surface area (Å²) in [7, 11) is 2.84. The fraction of sp³-hybridized carbons (Fsp3) is 0.469. The van der Waals surface area contributed by atoms with Crippen LogP contribution in [0.4, 0.5) is 0 Å². The maximum atomic E-state index is 13.5. The lowest BCUT2D eigenvalue weighted by molar-refractivity contribution is -0.126. The van der Waals surface area contributed by atoms with Crippen LogP contribution in [0.2, 0.25) is 0 Å². The molecule has 0 bridgehead atoms. The number of methoxy groups -OCH3 is 2. The average Bonchev–Trinajstić information content (AvgIpc) is 2.99. The first-order valence-electron chi connectivity index (χ1n) is 14.7. The van der Waals surface area contributed by atoms with Gasteiger partial charge in [0.15, 0.2) is 11.6 Å². The standard InChI is InChI=1S/C32H45N5O7/c1-20(38)36-25(8-4-6-14-33)27(39)19-22-11-13-30(44-3)24(17-22)32(42)37-26(9-5-7-15-34)28(40)18-21-10-12-29(43-2)23(16-21)31(35)41/h10-13,16-17,25-26H,4-9,14-15,18-19,33-34H2,1-3H3,(H2,35,41)(H,36,38)(H,37,42)/t25-,26-/m0/s1. The second kappa shape index (κ2) is 18.4. The molecule has 240 valence electrons. The van der Waals surface area contributed by atoms with Crippen LogP contribution >= 0.6 is 0 Å². The first kappa shape index (κ1) is 35.9. The van der Waals surface area contributed by atoms with Gasteiger partial charge in [-0.05, 0) is 87.0 Å². The van der Waals surface area contributed by atoms with Gasteiger partial charge in [-0.15, -0.1) is 0 Å². The maximum absolute atomic E-state index is 13.5. The van der Waals surface area contributed by atoms with Crippen LogP contribution in [0.15, 0.2) is 36.4 Å². The van der Waals surface area contributed by atoms with E-state index in [2.05, 4.69) is 10.6 Å². The van der Waals surface area contributed by atoms with E-state index in [-0.39, 0.29) is 47.2 Å². The molecule has 0 radical (unpaired) electrons. The van der Waals surface area contributed by atoms with E-state index in [1.807, 2.05) is 0 Å². The summed E-state index contributed by atoms with van der Waals surface area (Å²) in [5, 5.41) is 5.54. The lowest BCUT2D eigenvalue weighted by Crippen LogP contribution is -2.42. The Morgan fingerprint density at radius 1 is 0.705 bits per heavy atom. The molecule has 2 aromatic rings. The van der Waals surface area contributed by atoms with Gasteiger partial charge in [-0.25, -0.2) is 0 Å². The zero-order valence-corrected chi connectivity index (χ0v) is 25.8. The molecule has 2 rings (SSSR count). The van der Waals surface area contributed by atoms with Crippen molar-refractivity contribution < 1.29 is 33.4 Å². The van der Waals surface area contributed by atoms with E-state index in [1.54, 1.807) is 30.3 Å². The molecular weight excluding hydrogens is 566 g/mol. The van der Waals surface area contributed by atoms with Crippen LogP contribution in [-0.4, -0.2) is 68.7 Å². The lowest BCUT2D eigenvalue weighted by atomic mass is 9.96. The number of hydrogen-bond acceptors (Lipinski definition) is 9. The van der Waals surface area contributed by atoms with Crippen LogP contribution < -0.4 is 37.3 Å². The molecule has 0 aliphatic heterocycles. The molecule has 0 unspecified atom stereocenters. The third-order valence-electron chi connectivity index (χ3n) is 7.15. The highest BCUT2D eigenvalue weighted by molar-refractivity contribution is 6.01. The monoisotopic (exact) mass is 611 g/mol. The van der Waals surface area contributed by atoms with E-state index in [4.69, 9.17) is 26.7 Å². The van der Waals surface area contributed by atoms with Crippen molar-refractivity contribution >= 4 is 29.3 Å². The summed E-state index contributed by atoms with van der Waals surface area (Å²) in [5.74, 6) is -1.43. The van der Waals surface area contributed by atoms with E-state index in [9.17, 15) is 24.0 Å². The number of primary amides is 1. The van der Waals surface area contributed by atoms with Crippen molar-refractivity contribution in [3.05, 3.63) is 58.7 Å². The molecule has 0 spiro atoms. The summed E-state index contributed by atoms with van der Waals surface area (Å²) in [4.78, 5) is 63.6. The molecule has 3 amide bonds. The Morgan fingerprint density at radius 3 is 1.59 bits per heavy atom. The summed E-state index contributed by atoms with van der Waals surface area (Å²) in [5.41, 5.74) is 18.1. The molecule has 0 aliphatic rings. The van der Waals surface area contributed by atoms with Gasteiger partial charge in [0, 0.05) is 19.8 Å². The Kier molecular flexibility index (Phi) is 15.0. The fourth-order valence-electron chi connectivity index (χ4n) is 4.84. The van der Waals surface area contributed by atoms with Crippen LogP contribution in [-0.2, 0) is 27.2 Å². The molecule has 2 atom stereocenters. The topological polar surface area (TPSA) is 206 Å². The number of Topliss-reactive ketones (excluding diaryl/α,β-unsaturated/α-hetero) is 2. The minimum atomic E-state index is -0.852. The largest absolute Gasteiger partial charge is 0.496 e. The van der Waals surface area contributed by atoms with Gasteiger partial charge >= 0.3 is 0 Å². The van der Waals surface area contributed by atoms with E-state index in [1.165, 1.54) is 27.2 Å². The second-order valence-corrected chi connectivity index (χ2v) is 10.6. The first-order valence-corrected chi connectivity index (χ1v) is 14.7. The Hall–Kier alpha value is -4.29. The first-order chi connectivity index (χ1) is 21.0. The number of carbonyl (C=O) groups is 5. The highest BCUT2D eigenvalue weighted by Gasteiger charge is 2.25. The third kappa shape index (κ3) is 11.1. The van der Waals surface area contributed by atoms with Crippen LogP contribution in [0, 0.1) is 0 Å². The Labute approximate surface area is 258 Å². The molecular formula is C32H45N5O7. The molecule has 8 N–H and O–H groups in total. The molecule has 44 heavy (non-hydrogen) atoms. The fourth-order valence-corrected chi connectivity index (χ4v) is 4.84. The molecule has 0 fully saturated rings. The summed E-state index contributed by atoms with van der Waals surface area (Å²) in [6, 6.07) is 8.04. The summed E-state index contributed by atoms with van der Waals surface area (Å²) < 4.78 is 10.6. The number of amides is 3. The van der Waals surface area contributed by atoms with E-state index in [0.717, 1.165) is 6.42 Å². The van der Waals surface area contributed by atoms with Crippen molar-refractivity contribution in [2.45, 2.75) is 70.4 Å². The van der Waals surface area contributed by atoms with E-state index in [0.29, 0.717) is 62.1 Å². The van der Waals surface area contributed by atoms with Gasteiger partial charge < -0.3 is 37.3 Å². The van der Waals surface area contributed by atoms with Crippen LogP contribution in [0.3, 0.4) is 0 Å². The Balaban J connectivity index is 2.28. The molecule has 12 heteroatoms. The quantitative estimate of drug-likeness (QED) is 0.138. The van der Waals surface area contributed by atoms with Gasteiger partial charge in [-0.2, -0.15) is 0 Å². The van der Waals surface area contributed by atoms with Crippen molar-refractivity contribution in [2.75, 3.05) is 27.3 Å². The Morgan fingerprint density at radius 2 is 1.16 bits per heavy atom. The van der Waals surface area contributed by atoms with Crippen molar-refractivity contribution in [2.24, 2.45) is 17.2 Å². The highest BCUT2D eigenvalue weighted by Crippen LogP contribution is 2.23. The maximum Gasteiger partial charge on any atom is 0.255 e. The number of hydrogen-bond donors (Lipinski definition) is 5. The van der Waals surface area contributed by atoms with Gasteiger partial charge in [-0.1, -0.05) is 12.1 Å². The van der Waals surface area contributed by atoms with Crippen molar-refractivity contribution in [3.8, 4) is 11.5 Å². The summed E-state index contributed by atoms with van der Waals surface area (Å²) in [6.45, 7) is 2.28. The zero-order valence-electron chi connectivity index (χ0n) is 25.8. The van der Waals surface area contributed by atoms with Gasteiger partial charge in [0.25, 0.3) is 11.8 Å². The van der Waals surface area contributed by atoms with Gasteiger partial charge in [0.1, 0.15) is 11.5 Å². The minimum Gasteiger partial charge on any atom is -0.496 e. The Bertz CT molecular complexity index is 1310. The number of benzene rings is 2. The van der Waals surface area contributed by atoms with Crippen LogP contribution in [0.25, 0.3) is 0 Å². The van der Waals surface area contributed by atoms with Crippen molar-refractivity contribution in [1.29, 1.82) is 0 Å². The summed E-state index contributed by atoms with van der Waals surface area (Å²) in [6.07, 6.45) is 3.41. The average molecular weight is 612 g/mol. The minimum absolute atomic E-state index is 0.0175. The number of unbranched alkanes of at least 4 members (excludes halogenated alkanes) is 2. The highest BCUT2D eigenvalue weighted by atomic mass is 16.5. The SMILES string of the molecule is COc1ccc(CC(=O)[C@H](CCCCN)NC(=O)c2cc(CC(=O)[C@H](CCCCN)NC(C)=O)ccc2OC)cc1C(N)=O. The van der Waals surface area contributed by atoms with Crippen molar-refractivity contribution in [3.63, 3.8) is 0 Å². The lowest BCUT2D eigenvalue weighted by Gasteiger charge is -2.20. The third-order valence-corrected chi connectivity index (χ3v) is 7.15. The van der Waals surface area contributed by atoms with E-state index >= 15 is 0 Å². The number of rotatable bonds is 20. The molecule has 0 aromatic heterocycles. The molecule has 2 aromatic carbocycles. The van der Waals surface area contributed by atoms with Crippen LogP contribution in [0.5, 0.6) is 11.5 Å². The normalized spacial score (nSPS) is 12.1. The second-order valence-electron chi connectivity index (χ2n) is 10.6. The molecule has 12 nitrogen and oxygen atoms in total. The van der Waals surface area contributed by atoms with Gasteiger partial charge in [0.05, 0.1) is 37.4 Å². The van der Waals surface area contributed by atoms with Crippen molar-refractivity contribution in [1.82, 2.24) is 10.6 Å². The molecule has 0 saturated heterocycles. The number of nitrogens with two attached hydrogens (primary N) is 3. The van der Waals surface area contributed by atoms with Crippen LogP contribution in [0.1, 0.15) is 77.3 Å². The molecule has 0 aliphatic carbocycles. The zero-order chi connectivity index (χ0) is 32.6. The smallest absolute Gasteiger partial charge is 0.255 e. The number of ether oxygens (including phenoxy) is 2. The van der Waals surface area contributed by atoms with Gasteiger partial charge in [-0.3, -0.25) is 24.0 Å². The number of ketones is 2. The van der Waals surface area contributed by atoms with E-state index < -0.39 is 23.9 Å². The molecule has 0 heterocycles. The summed E-state index contributed by atoms with van der Waals surface area (Å²) >= 11 is 0. The predicted molar refractivity (Wildman–Crippen MR) is 167 cm³/mol. The molecule has 0 saturated carbocycles. The number of carbonyl (C=O) groups excluding carboxylic acids is 5. The van der Waals surface area contributed by atoms with Gasteiger partial charge in [0.2, 0.25) is 5.91 Å². The number of nitrogens with one attached hydrogen (secondary N) is 2. The predicted octanol–water partition coefficient (Wildman–Crippen LogP) is 1.59.